The van der Waals surface area contributed by atoms with Gasteiger partial charge in [-0.2, -0.15) is 0 Å². The summed E-state index contributed by atoms with van der Waals surface area (Å²) in [5.74, 6) is 0.0537. The molecule has 0 spiro atoms. The number of fused-ring (bicyclic) bond motifs is 1. The zero-order chi connectivity index (χ0) is 19.8. The summed E-state index contributed by atoms with van der Waals surface area (Å²) < 4.78 is 0. The van der Waals surface area contributed by atoms with Gasteiger partial charge >= 0.3 is 0 Å². The lowest BCUT2D eigenvalue weighted by Gasteiger charge is -2.41. The second-order valence-corrected chi connectivity index (χ2v) is 8.97. The molecule has 2 aromatic rings. The summed E-state index contributed by atoms with van der Waals surface area (Å²) in [6.45, 7) is 8.45. The number of benzene rings is 2. The molecule has 0 saturated heterocycles. The van der Waals surface area contributed by atoms with Crippen LogP contribution in [0.5, 0.6) is 0 Å². The number of nitrogens with one attached hydrogen (secondary N) is 2. The standard InChI is InChI=1S/C23H31N3O/c1-22(2)15-17-10-7-8-13-19(17)24-20(22)16-11-9-12-18(14-16)25-23(3,4)21(27)26(5)6/h7-14,20,24-25H,15H2,1-6H3. The molecule has 0 aliphatic carbocycles. The van der Waals surface area contributed by atoms with Crippen molar-refractivity contribution in [2.45, 2.75) is 45.7 Å². The van der Waals surface area contributed by atoms with Crippen LogP contribution in [0.4, 0.5) is 11.4 Å². The van der Waals surface area contributed by atoms with E-state index in [4.69, 9.17) is 0 Å². The number of amides is 1. The van der Waals surface area contributed by atoms with Gasteiger partial charge in [0.05, 0.1) is 6.04 Å². The lowest BCUT2D eigenvalue weighted by molar-refractivity contribution is -0.132. The van der Waals surface area contributed by atoms with Gasteiger partial charge in [0.1, 0.15) is 5.54 Å². The number of hydrogen-bond donors (Lipinski definition) is 2. The number of carbonyl (C=O) groups is 1. The molecule has 1 atom stereocenters. The molecule has 1 heterocycles. The van der Waals surface area contributed by atoms with E-state index in [0.29, 0.717) is 0 Å². The van der Waals surface area contributed by atoms with E-state index < -0.39 is 5.54 Å². The molecule has 0 saturated carbocycles. The van der Waals surface area contributed by atoms with Crippen LogP contribution in [0, 0.1) is 5.41 Å². The van der Waals surface area contributed by atoms with E-state index in [0.717, 1.165) is 12.1 Å². The van der Waals surface area contributed by atoms with E-state index in [1.165, 1.54) is 16.8 Å². The molecule has 0 radical (unpaired) electrons. The van der Waals surface area contributed by atoms with Crippen LogP contribution in [0.1, 0.15) is 44.9 Å². The van der Waals surface area contributed by atoms with Gasteiger partial charge in [-0.3, -0.25) is 4.79 Å². The summed E-state index contributed by atoms with van der Waals surface area (Å²) in [5.41, 5.74) is 4.19. The van der Waals surface area contributed by atoms with Crippen LogP contribution >= 0.6 is 0 Å². The maximum atomic E-state index is 12.4. The van der Waals surface area contributed by atoms with Crippen LogP contribution in [0.2, 0.25) is 0 Å². The Bertz CT molecular complexity index is 839. The van der Waals surface area contributed by atoms with E-state index in [-0.39, 0.29) is 17.4 Å². The van der Waals surface area contributed by atoms with Crippen LogP contribution in [0.15, 0.2) is 48.5 Å². The molecule has 2 N–H and O–H groups in total. The van der Waals surface area contributed by atoms with Gasteiger partial charge in [0.15, 0.2) is 0 Å². The summed E-state index contributed by atoms with van der Waals surface area (Å²) in [5, 5.41) is 7.14. The highest BCUT2D eigenvalue weighted by molar-refractivity contribution is 5.88. The molecular weight excluding hydrogens is 334 g/mol. The number of rotatable bonds is 4. The second-order valence-electron chi connectivity index (χ2n) is 8.97. The molecule has 144 valence electrons. The van der Waals surface area contributed by atoms with Gasteiger partial charge in [0, 0.05) is 25.5 Å². The Morgan fingerprint density at radius 2 is 1.85 bits per heavy atom. The van der Waals surface area contributed by atoms with Gasteiger partial charge in [-0.15, -0.1) is 0 Å². The third-order valence-electron chi connectivity index (χ3n) is 5.36. The Kier molecular flexibility index (Phi) is 4.94. The third-order valence-corrected chi connectivity index (χ3v) is 5.36. The van der Waals surface area contributed by atoms with Crippen molar-refractivity contribution in [2.75, 3.05) is 24.7 Å². The number of carbonyl (C=O) groups excluding carboxylic acids is 1. The Morgan fingerprint density at radius 3 is 2.56 bits per heavy atom. The monoisotopic (exact) mass is 365 g/mol. The Balaban J connectivity index is 1.88. The molecule has 0 bridgehead atoms. The molecule has 4 heteroatoms. The van der Waals surface area contributed by atoms with Crippen molar-refractivity contribution >= 4 is 17.3 Å². The largest absolute Gasteiger partial charge is 0.377 e. The van der Waals surface area contributed by atoms with Crippen LogP contribution < -0.4 is 10.6 Å². The Hall–Kier alpha value is -2.49. The highest BCUT2D eigenvalue weighted by atomic mass is 16.2. The predicted molar refractivity (Wildman–Crippen MR) is 113 cm³/mol. The average molecular weight is 366 g/mol. The molecular formula is C23H31N3O. The lowest BCUT2D eigenvalue weighted by Crippen LogP contribution is -2.47. The summed E-state index contributed by atoms with van der Waals surface area (Å²) in [7, 11) is 3.57. The van der Waals surface area contributed by atoms with E-state index in [1.807, 2.05) is 19.9 Å². The zero-order valence-electron chi connectivity index (χ0n) is 17.3. The molecule has 4 nitrogen and oxygen atoms in total. The van der Waals surface area contributed by atoms with E-state index in [1.54, 1.807) is 19.0 Å². The molecule has 1 aliphatic rings. The number of para-hydroxylation sites is 1. The first kappa shape index (κ1) is 19.3. The fraction of sp³-hybridized carbons (Fsp3) is 0.435. The lowest BCUT2D eigenvalue weighted by atomic mass is 9.73. The highest BCUT2D eigenvalue weighted by Gasteiger charge is 2.36. The van der Waals surface area contributed by atoms with Crippen LogP contribution in [0.3, 0.4) is 0 Å². The average Bonchev–Trinajstić information content (AvgIpc) is 2.59. The van der Waals surface area contributed by atoms with Crippen molar-refractivity contribution in [1.82, 2.24) is 4.90 Å². The van der Waals surface area contributed by atoms with Gasteiger partial charge in [-0.1, -0.05) is 44.2 Å². The molecule has 27 heavy (non-hydrogen) atoms. The first-order chi connectivity index (χ1) is 12.6. The number of hydrogen-bond acceptors (Lipinski definition) is 3. The van der Waals surface area contributed by atoms with E-state index in [2.05, 4.69) is 66.9 Å². The first-order valence-corrected chi connectivity index (χ1v) is 9.54. The van der Waals surface area contributed by atoms with Crippen LogP contribution in [0.25, 0.3) is 0 Å². The van der Waals surface area contributed by atoms with Crippen molar-refractivity contribution in [3.8, 4) is 0 Å². The maximum absolute atomic E-state index is 12.4. The minimum absolute atomic E-state index is 0.0537. The highest BCUT2D eigenvalue weighted by Crippen LogP contribution is 2.45. The minimum atomic E-state index is -0.662. The quantitative estimate of drug-likeness (QED) is 0.825. The molecule has 0 fully saturated rings. The fourth-order valence-electron chi connectivity index (χ4n) is 4.06. The van der Waals surface area contributed by atoms with Crippen LogP contribution in [-0.4, -0.2) is 30.4 Å². The smallest absolute Gasteiger partial charge is 0.247 e. The van der Waals surface area contributed by atoms with Gasteiger partial charge in [0.25, 0.3) is 0 Å². The summed E-state index contributed by atoms with van der Waals surface area (Å²) >= 11 is 0. The Morgan fingerprint density at radius 1 is 1.15 bits per heavy atom. The van der Waals surface area contributed by atoms with Crippen molar-refractivity contribution in [2.24, 2.45) is 5.41 Å². The summed E-state index contributed by atoms with van der Waals surface area (Å²) in [6, 6.07) is 17.2. The van der Waals surface area contributed by atoms with Crippen molar-refractivity contribution < 1.29 is 4.79 Å². The van der Waals surface area contributed by atoms with Gasteiger partial charge in [0.2, 0.25) is 5.91 Å². The maximum Gasteiger partial charge on any atom is 0.247 e. The summed E-state index contributed by atoms with van der Waals surface area (Å²) in [6.07, 6.45) is 1.03. The van der Waals surface area contributed by atoms with Gasteiger partial charge in [-0.05, 0) is 55.0 Å². The SMILES string of the molecule is CN(C)C(=O)C(C)(C)Nc1cccc(C2Nc3ccccc3CC2(C)C)c1. The van der Waals surface area contributed by atoms with Crippen molar-refractivity contribution in [1.29, 1.82) is 0 Å². The Labute approximate surface area is 163 Å². The normalized spacial score (nSPS) is 18.2. The molecule has 1 amide bonds. The minimum Gasteiger partial charge on any atom is -0.377 e. The zero-order valence-corrected chi connectivity index (χ0v) is 17.3. The molecule has 1 unspecified atom stereocenters. The molecule has 3 rings (SSSR count). The van der Waals surface area contributed by atoms with Crippen molar-refractivity contribution in [3.63, 3.8) is 0 Å². The molecule has 1 aliphatic heterocycles. The van der Waals surface area contributed by atoms with E-state index in [9.17, 15) is 4.79 Å². The summed E-state index contributed by atoms with van der Waals surface area (Å²) in [4.78, 5) is 14.1. The molecule has 2 aromatic carbocycles. The molecule has 0 aromatic heterocycles. The number of anilines is 2. The van der Waals surface area contributed by atoms with Gasteiger partial charge in [-0.25, -0.2) is 0 Å². The number of likely N-dealkylation sites (N-methyl/N-ethyl adjacent to an activating group) is 1. The number of nitrogens with zero attached hydrogens (tertiary/aromatic N) is 1. The topological polar surface area (TPSA) is 44.4 Å². The van der Waals surface area contributed by atoms with Gasteiger partial charge < -0.3 is 15.5 Å². The van der Waals surface area contributed by atoms with Crippen LogP contribution in [-0.2, 0) is 11.2 Å². The van der Waals surface area contributed by atoms with Crippen molar-refractivity contribution in [3.05, 3.63) is 59.7 Å². The van der Waals surface area contributed by atoms with E-state index >= 15 is 0 Å². The predicted octanol–water partition coefficient (Wildman–Crippen LogP) is 4.70. The fourth-order valence-corrected chi connectivity index (χ4v) is 4.06. The second kappa shape index (κ2) is 6.91. The first-order valence-electron chi connectivity index (χ1n) is 9.54. The third kappa shape index (κ3) is 3.95.